The van der Waals surface area contributed by atoms with Crippen LogP contribution in [0.2, 0.25) is 0 Å². The molecule has 24 heavy (non-hydrogen) atoms. The maximum Gasteiger partial charge on any atom is 0.358 e. The molecule has 0 aliphatic carbocycles. The molecule has 126 valence electrons. The van der Waals surface area contributed by atoms with Crippen molar-refractivity contribution in [3.8, 4) is 0 Å². The van der Waals surface area contributed by atoms with Crippen LogP contribution >= 0.6 is 11.3 Å². The number of carbonyl (C=O) groups excluding carboxylic acids is 2. The molecule has 2 rings (SSSR count). The van der Waals surface area contributed by atoms with E-state index in [0.29, 0.717) is 17.7 Å². The van der Waals surface area contributed by atoms with Crippen molar-refractivity contribution >= 4 is 34.0 Å². The Morgan fingerprint density at radius 2 is 2.00 bits per heavy atom. The second-order valence-corrected chi connectivity index (χ2v) is 5.35. The summed E-state index contributed by atoms with van der Waals surface area (Å²) in [4.78, 5) is 27.4. The number of amides is 1. The van der Waals surface area contributed by atoms with Gasteiger partial charge in [-0.3, -0.25) is 4.79 Å². The summed E-state index contributed by atoms with van der Waals surface area (Å²) in [5, 5.41) is 7.13. The van der Waals surface area contributed by atoms with Crippen molar-refractivity contribution in [3.05, 3.63) is 53.6 Å². The number of benzene rings is 1. The van der Waals surface area contributed by atoms with E-state index in [2.05, 4.69) is 22.2 Å². The van der Waals surface area contributed by atoms with Crippen molar-refractivity contribution in [2.24, 2.45) is 0 Å². The molecular formula is C15H13F2N3O3S. The number of rotatable bonds is 7. The number of carbonyl (C=O) groups is 2. The molecule has 2 N–H and O–H groups in total. The van der Waals surface area contributed by atoms with Crippen LogP contribution in [0.5, 0.6) is 0 Å². The minimum absolute atomic E-state index is 0.0520. The van der Waals surface area contributed by atoms with Crippen molar-refractivity contribution in [1.29, 1.82) is 0 Å². The number of thiazole rings is 1. The van der Waals surface area contributed by atoms with Crippen LogP contribution in [0.4, 0.5) is 19.6 Å². The third-order valence-corrected chi connectivity index (χ3v) is 3.39. The summed E-state index contributed by atoms with van der Waals surface area (Å²) < 4.78 is 30.8. The zero-order chi connectivity index (χ0) is 17.5. The lowest BCUT2D eigenvalue weighted by atomic mass is 10.3. The number of nitrogens with one attached hydrogen (secondary N) is 2. The number of ether oxygens (including phenoxy) is 1. The van der Waals surface area contributed by atoms with Crippen molar-refractivity contribution in [3.63, 3.8) is 0 Å². The highest BCUT2D eigenvalue weighted by Gasteiger charge is 2.14. The average molecular weight is 353 g/mol. The molecule has 0 saturated heterocycles. The number of esters is 1. The first-order chi connectivity index (χ1) is 11.5. The number of hydrogen-bond donors (Lipinski definition) is 2. The van der Waals surface area contributed by atoms with Gasteiger partial charge >= 0.3 is 5.97 Å². The largest absolute Gasteiger partial charge is 0.451 e. The van der Waals surface area contributed by atoms with Gasteiger partial charge in [-0.15, -0.1) is 17.9 Å². The molecule has 0 saturated carbocycles. The smallest absolute Gasteiger partial charge is 0.358 e. The number of anilines is 2. The Morgan fingerprint density at radius 3 is 2.67 bits per heavy atom. The lowest BCUT2D eigenvalue weighted by Crippen LogP contribution is -2.21. The second-order valence-electron chi connectivity index (χ2n) is 4.49. The third-order valence-electron chi connectivity index (χ3n) is 2.59. The maximum absolute atomic E-state index is 13.0. The topological polar surface area (TPSA) is 80.3 Å². The molecule has 0 fully saturated rings. The zero-order valence-electron chi connectivity index (χ0n) is 12.3. The Morgan fingerprint density at radius 1 is 1.29 bits per heavy atom. The Labute approximate surface area is 140 Å². The van der Waals surface area contributed by atoms with Crippen molar-refractivity contribution in [1.82, 2.24) is 4.98 Å². The molecule has 2 aromatic rings. The predicted molar refractivity (Wildman–Crippen MR) is 86.1 cm³/mol. The van der Waals surface area contributed by atoms with E-state index in [-0.39, 0.29) is 11.4 Å². The Balaban J connectivity index is 1.85. The highest BCUT2D eigenvalue weighted by molar-refractivity contribution is 7.13. The number of aromatic nitrogens is 1. The van der Waals surface area contributed by atoms with Crippen LogP contribution in [0.1, 0.15) is 10.5 Å². The van der Waals surface area contributed by atoms with Crippen molar-refractivity contribution < 1.29 is 23.1 Å². The first-order valence-corrected chi connectivity index (χ1v) is 7.59. The minimum atomic E-state index is -0.829. The van der Waals surface area contributed by atoms with Gasteiger partial charge in [0, 0.05) is 23.7 Å². The van der Waals surface area contributed by atoms with E-state index in [1.807, 2.05) is 0 Å². The molecule has 0 radical (unpaired) electrons. The fourth-order valence-electron chi connectivity index (χ4n) is 1.64. The second kappa shape index (κ2) is 8.16. The number of hydrogen-bond acceptors (Lipinski definition) is 6. The first kappa shape index (κ1) is 17.5. The fraction of sp³-hybridized carbons (Fsp3) is 0.133. The summed E-state index contributed by atoms with van der Waals surface area (Å²) in [6.45, 7) is 3.43. The highest BCUT2D eigenvalue weighted by atomic mass is 32.1. The van der Waals surface area contributed by atoms with Crippen molar-refractivity contribution in [2.45, 2.75) is 0 Å². The predicted octanol–water partition coefficient (Wildman–Crippen LogP) is 2.81. The van der Waals surface area contributed by atoms with Crippen LogP contribution < -0.4 is 10.6 Å². The summed E-state index contributed by atoms with van der Waals surface area (Å²) in [6.07, 6.45) is 1.64. The average Bonchev–Trinajstić information content (AvgIpc) is 2.98. The van der Waals surface area contributed by atoms with E-state index in [4.69, 9.17) is 4.74 Å². The standard InChI is InChI=1S/C15H13F2N3O3S/c1-2-3-18-15-20-12(8-24-15)14(22)23-7-13(21)19-11-5-9(16)4-10(17)6-11/h2,4-6,8H,1,3,7H2,(H,18,20)(H,19,21). The highest BCUT2D eigenvalue weighted by Crippen LogP contribution is 2.16. The van der Waals surface area contributed by atoms with Gasteiger partial charge in [0.25, 0.3) is 5.91 Å². The van der Waals surface area contributed by atoms with Gasteiger partial charge in [-0.25, -0.2) is 18.6 Å². The molecule has 9 heteroatoms. The SMILES string of the molecule is C=CCNc1nc(C(=O)OCC(=O)Nc2cc(F)cc(F)c2)cs1. The third kappa shape index (κ3) is 5.13. The molecule has 0 spiro atoms. The van der Waals surface area contributed by atoms with Crippen LogP contribution in [0.3, 0.4) is 0 Å². The monoisotopic (exact) mass is 353 g/mol. The molecule has 1 heterocycles. The van der Waals surface area contributed by atoms with Crippen LogP contribution in [0, 0.1) is 11.6 Å². The van der Waals surface area contributed by atoms with Gasteiger partial charge in [0.1, 0.15) is 11.6 Å². The molecular weight excluding hydrogens is 340 g/mol. The van der Waals surface area contributed by atoms with Gasteiger partial charge in [-0.05, 0) is 12.1 Å². The zero-order valence-corrected chi connectivity index (χ0v) is 13.2. The van der Waals surface area contributed by atoms with E-state index in [0.717, 1.165) is 12.1 Å². The lowest BCUT2D eigenvalue weighted by Gasteiger charge is -2.06. The Bertz CT molecular complexity index is 744. The van der Waals surface area contributed by atoms with Gasteiger partial charge in [0.2, 0.25) is 0 Å². The van der Waals surface area contributed by atoms with E-state index in [1.165, 1.54) is 16.7 Å². The molecule has 1 aromatic carbocycles. The van der Waals surface area contributed by atoms with Gasteiger partial charge in [0.15, 0.2) is 17.4 Å². The maximum atomic E-state index is 13.0. The summed E-state index contributed by atoms with van der Waals surface area (Å²) in [7, 11) is 0. The fourth-order valence-corrected chi connectivity index (χ4v) is 2.33. The molecule has 6 nitrogen and oxygen atoms in total. The molecule has 0 unspecified atom stereocenters. The Kier molecular flexibility index (Phi) is 5.96. The summed E-state index contributed by atoms with van der Waals surface area (Å²) in [6, 6.07) is 2.57. The van der Waals surface area contributed by atoms with Crippen LogP contribution in [-0.4, -0.2) is 30.0 Å². The van der Waals surface area contributed by atoms with Crippen LogP contribution in [0.15, 0.2) is 36.2 Å². The Hall–Kier alpha value is -2.81. The van der Waals surface area contributed by atoms with Crippen LogP contribution in [-0.2, 0) is 9.53 Å². The molecule has 0 atom stereocenters. The normalized spacial score (nSPS) is 10.1. The number of nitrogens with zero attached hydrogens (tertiary/aromatic N) is 1. The molecule has 0 aliphatic rings. The van der Waals surface area contributed by atoms with E-state index < -0.39 is 30.1 Å². The van der Waals surface area contributed by atoms with Crippen molar-refractivity contribution in [2.75, 3.05) is 23.8 Å². The quantitative estimate of drug-likeness (QED) is 0.591. The molecule has 1 amide bonds. The van der Waals surface area contributed by atoms with Crippen LogP contribution in [0.25, 0.3) is 0 Å². The van der Waals surface area contributed by atoms with Gasteiger partial charge in [-0.1, -0.05) is 6.08 Å². The van der Waals surface area contributed by atoms with Gasteiger partial charge in [0.05, 0.1) is 0 Å². The molecule has 0 bridgehead atoms. The molecule has 1 aromatic heterocycles. The van der Waals surface area contributed by atoms with E-state index in [9.17, 15) is 18.4 Å². The summed E-state index contributed by atoms with van der Waals surface area (Å²) >= 11 is 1.20. The first-order valence-electron chi connectivity index (χ1n) is 6.71. The lowest BCUT2D eigenvalue weighted by molar-refractivity contribution is -0.119. The van der Waals surface area contributed by atoms with E-state index >= 15 is 0 Å². The molecule has 0 aliphatic heterocycles. The van der Waals surface area contributed by atoms with Gasteiger partial charge < -0.3 is 15.4 Å². The summed E-state index contributed by atoms with van der Waals surface area (Å²) in [5.74, 6) is -3.17. The number of halogens is 2. The van der Waals surface area contributed by atoms with E-state index in [1.54, 1.807) is 6.08 Å². The summed E-state index contributed by atoms with van der Waals surface area (Å²) in [5.41, 5.74) is -0.0192. The minimum Gasteiger partial charge on any atom is -0.451 e. The van der Waals surface area contributed by atoms with Gasteiger partial charge in [-0.2, -0.15) is 0 Å².